The Morgan fingerprint density at radius 1 is 1.33 bits per heavy atom. The minimum atomic E-state index is -0.904. The second-order valence-electron chi connectivity index (χ2n) is 3.02. The van der Waals surface area contributed by atoms with Crippen molar-refractivity contribution < 1.29 is 8.78 Å². The number of imidazole rings is 1. The van der Waals surface area contributed by atoms with Crippen molar-refractivity contribution in [2.45, 2.75) is 0 Å². The Kier molecular flexibility index (Phi) is 2.33. The van der Waals surface area contributed by atoms with Gasteiger partial charge in [0.15, 0.2) is 11.6 Å². The highest BCUT2D eigenvalue weighted by Gasteiger charge is 2.12. The highest BCUT2D eigenvalue weighted by atomic mass is 19.2. The minimum Gasteiger partial charge on any atom is -0.345 e. The summed E-state index contributed by atoms with van der Waals surface area (Å²) in [4.78, 5) is 6.70. The van der Waals surface area contributed by atoms with Crippen LogP contribution in [-0.2, 0) is 0 Å². The summed E-state index contributed by atoms with van der Waals surface area (Å²) in [5.74, 6) is -1.36. The Morgan fingerprint density at radius 2 is 2.13 bits per heavy atom. The molecule has 0 fully saturated rings. The van der Waals surface area contributed by atoms with Crippen molar-refractivity contribution in [2.24, 2.45) is 0 Å². The molecule has 0 saturated heterocycles. The second kappa shape index (κ2) is 3.65. The first-order chi connectivity index (χ1) is 7.20. The van der Waals surface area contributed by atoms with E-state index in [-0.39, 0.29) is 5.56 Å². The van der Waals surface area contributed by atoms with Crippen LogP contribution in [0.15, 0.2) is 37.2 Å². The predicted molar refractivity (Wildman–Crippen MR) is 53.1 cm³/mol. The van der Waals surface area contributed by atoms with E-state index in [4.69, 9.17) is 0 Å². The molecule has 2 aromatic rings. The maximum Gasteiger partial charge on any atom is 0.166 e. The van der Waals surface area contributed by atoms with Gasteiger partial charge in [-0.05, 0) is 6.07 Å². The van der Waals surface area contributed by atoms with E-state index >= 15 is 0 Å². The van der Waals surface area contributed by atoms with Crippen molar-refractivity contribution >= 4 is 5.57 Å². The number of benzene rings is 1. The normalized spacial score (nSPS) is 10.3. The van der Waals surface area contributed by atoms with Crippen LogP contribution in [0.4, 0.5) is 8.78 Å². The molecule has 0 aliphatic heterocycles. The number of aromatic nitrogens is 2. The van der Waals surface area contributed by atoms with Gasteiger partial charge in [0.1, 0.15) is 5.82 Å². The fraction of sp³-hybridized carbons (Fsp3) is 0. The van der Waals surface area contributed by atoms with Gasteiger partial charge in [-0.15, -0.1) is 0 Å². The van der Waals surface area contributed by atoms with Gasteiger partial charge in [-0.25, -0.2) is 13.8 Å². The molecule has 0 radical (unpaired) electrons. The number of H-pyrrole nitrogens is 1. The molecule has 1 heterocycles. The molecule has 1 N–H and O–H groups in total. The average Bonchev–Trinajstić information content (AvgIpc) is 2.74. The van der Waals surface area contributed by atoms with Crippen LogP contribution < -0.4 is 0 Å². The lowest BCUT2D eigenvalue weighted by atomic mass is 10.1. The first kappa shape index (κ1) is 9.58. The van der Waals surface area contributed by atoms with Crippen LogP contribution in [0, 0.1) is 11.6 Å². The molecule has 0 unspecified atom stereocenters. The number of hydrogen-bond acceptors (Lipinski definition) is 1. The molecule has 0 saturated carbocycles. The van der Waals surface area contributed by atoms with Gasteiger partial charge in [0, 0.05) is 23.5 Å². The molecule has 76 valence electrons. The molecule has 0 atom stereocenters. The van der Waals surface area contributed by atoms with E-state index in [1.165, 1.54) is 18.3 Å². The van der Waals surface area contributed by atoms with E-state index in [9.17, 15) is 8.78 Å². The molecule has 2 nitrogen and oxygen atoms in total. The summed E-state index contributed by atoms with van der Waals surface area (Å²) < 4.78 is 26.3. The predicted octanol–water partition coefficient (Wildman–Crippen LogP) is 2.75. The third kappa shape index (κ3) is 1.66. The van der Waals surface area contributed by atoms with Gasteiger partial charge in [0.2, 0.25) is 0 Å². The van der Waals surface area contributed by atoms with Crippen molar-refractivity contribution in [1.29, 1.82) is 0 Å². The summed E-state index contributed by atoms with van der Waals surface area (Å²) in [7, 11) is 0. The molecular weight excluding hydrogens is 198 g/mol. The van der Waals surface area contributed by atoms with E-state index < -0.39 is 11.6 Å². The first-order valence-corrected chi connectivity index (χ1v) is 4.33. The van der Waals surface area contributed by atoms with Crippen LogP contribution in [0.25, 0.3) is 5.57 Å². The summed E-state index contributed by atoms with van der Waals surface area (Å²) >= 11 is 0. The van der Waals surface area contributed by atoms with Gasteiger partial charge >= 0.3 is 0 Å². The molecule has 15 heavy (non-hydrogen) atoms. The highest BCUT2D eigenvalue weighted by molar-refractivity contribution is 5.74. The fourth-order valence-corrected chi connectivity index (χ4v) is 1.29. The number of nitrogens with zero attached hydrogens (tertiary/aromatic N) is 1. The van der Waals surface area contributed by atoms with Crippen molar-refractivity contribution in [3.63, 3.8) is 0 Å². The van der Waals surface area contributed by atoms with Crippen LogP contribution in [0.3, 0.4) is 0 Å². The standard InChI is InChI=1S/C11H8F2N2/c1-7(11-14-5-6-15-11)8-3-2-4-9(12)10(8)13/h2-6H,1H2,(H,14,15). The Labute approximate surface area is 85.3 Å². The lowest BCUT2D eigenvalue weighted by molar-refractivity contribution is 0.506. The van der Waals surface area contributed by atoms with Crippen LogP contribution in [-0.4, -0.2) is 9.97 Å². The molecule has 0 aliphatic rings. The summed E-state index contributed by atoms with van der Waals surface area (Å²) in [6.07, 6.45) is 3.12. The van der Waals surface area contributed by atoms with Crippen molar-refractivity contribution in [3.05, 3.63) is 60.2 Å². The third-order valence-electron chi connectivity index (χ3n) is 2.06. The molecule has 0 aliphatic carbocycles. The third-order valence-corrected chi connectivity index (χ3v) is 2.06. The van der Waals surface area contributed by atoms with Crippen LogP contribution >= 0.6 is 0 Å². The smallest absolute Gasteiger partial charge is 0.166 e. The highest BCUT2D eigenvalue weighted by Crippen LogP contribution is 2.22. The molecule has 1 aromatic carbocycles. The number of nitrogens with one attached hydrogen (secondary N) is 1. The monoisotopic (exact) mass is 206 g/mol. The van der Waals surface area contributed by atoms with Crippen LogP contribution in [0.1, 0.15) is 11.4 Å². The van der Waals surface area contributed by atoms with E-state index in [1.54, 1.807) is 6.20 Å². The van der Waals surface area contributed by atoms with E-state index in [1.807, 2.05) is 0 Å². The summed E-state index contributed by atoms with van der Waals surface area (Å²) in [6, 6.07) is 3.96. The molecule has 0 spiro atoms. The van der Waals surface area contributed by atoms with Gasteiger partial charge in [-0.1, -0.05) is 18.7 Å². The van der Waals surface area contributed by atoms with Crippen molar-refractivity contribution in [3.8, 4) is 0 Å². The van der Waals surface area contributed by atoms with E-state index in [2.05, 4.69) is 16.5 Å². The summed E-state index contributed by atoms with van der Waals surface area (Å²) in [5.41, 5.74) is 0.446. The Balaban J connectivity index is 2.47. The Hall–Kier alpha value is -1.97. The van der Waals surface area contributed by atoms with Gasteiger partial charge in [0.05, 0.1) is 0 Å². The fourth-order valence-electron chi connectivity index (χ4n) is 1.29. The molecule has 0 amide bonds. The number of rotatable bonds is 2. The van der Waals surface area contributed by atoms with Gasteiger partial charge in [-0.2, -0.15) is 0 Å². The molecular formula is C11H8F2N2. The molecule has 1 aromatic heterocycles. The molecule has 2 rings (SSSR count). The lowest BCUT2D eigenvalue weighted by Crippen LogP contribution is -1.95. The largest absolute Gasteiger partial charge is 0.345 e. The zero-order valence-electron chi connectivity index (χ0n) is 7.80. The molecule has 0 bridgehead atoms. The SMILES string of the molecule is C=C(c1ncc[nH]1)c1cccc(F)c1F. The average molecular weight is 206 g/mol. The topological polar surface area (TPSA) is 28.7 Å². The zero-order chi connectivity index (χ0) is 10.8. The van der Waals surface area contributed by atoms with Crippen LogP contribution in [0.5, 0.6) is 0 Å². The van der Waals surface area contributed by atoms with Crippen molar-refractivity contribution in [1.82, 2.24) is 9.97 Å². The Morgan fingerprint density at radius 3 is 2.80 bits per heavy atom. The first-order valence-electron chi connectivity index (χ1n) is 4.33. The number of halogens is 2. The number of aromatic amines is 1. The second-order valence-corrected chi connectivity index (χ2v) is 3.02. The Bertz CT molecular complexity index is 489. The van der Waals surface area contributed by atoms with Gasteiger partial charge in [-0.3, -0.25) is 0 Å². The zero-order valence-corrected chi connectivity index (χ0v) is 7.80. The van der Waals surface area contributed by atoms with Crippen molar-refractivity contribution in [2.75, 3.05) is 0 Å². The maximum absolute atomic E-state index is 13.4. The minimum absolute atomic E-state index is 0.116. The summed E-state index contributed by atoms with van der Waals surface area (Å²) in [6.45, 7) is 3.67. The van der Waals surface area contributed by atoms with Gasteiger partial charge < -0.3 is 4.98 Å². The van der Waals surface area contributed by atoms with E-state index in [0.29, 0.717) is 11.4 Å². The van der Waals surface area contributed by atoms with Crippen LogP contribution in [0.2, 0.25) is 0 Å². The van der Waals surface area contributed by atoms with Gasteiger partial charge in [0.25, 0.3) is 0 Å². The molecule has 4 heteroatoms. The number of hydrogen-bond donors (Lipinski definition) is 1. The maximum atomic E-state index is 13.4. The lowest BCUT2D eigenvalue weighted by Gasteiger charge is -2.04. The van der Waals surface area contributed by atoms with E-state index in [0.717, 1.165) is 6.07 Å². The summed E-state index contributed by atoms with van der Waals surface area (Å²) in [5, 5.41) is 0. The quantitative estimate of drug-likeness (QED) is 0.804.